The van der Waals surface area contributed by atoms with E-state index in [4.69, 9.17) is 9.68 Å². The van der Waals surface area contributed by atoms with Gasteiger partial charge in [-0.05, 0) is 19.1 Å². The van der Waals surface area contributed by atoms with Crippen LogP contribution in [0.25, 0.3) is 0 Å². The van der Waals surface area contributed by atoms with Crippen molar-refractivity contribution in [3.05, 3.63) is 24.2 Å². The Kier molecular flexibility index (Phi) is 5.83. The molecule has 1 amide bonds. The monoisotopic (exact) mass is 235 g/mol. The molecule has 0 radical (unpaired) electrons. The van der Waals surface area contributed by atoms with E-state index in [1.165, 1.54) is 0 Å². The van der Waals surface area contributed by atoms with Gasteiger partial charge in [0.2, 0.25) is 5.91 Å². The van der Waals surface area contributed by atoms with Crippen LogP contribution in [0.3, 0.4) is 0 Å². The lowest BCUT2D eigenvalue weighted by atomic mass is 10.2. The van der Waals surface area contributed by atoms with Gasteiger partial charge in [0, 0.05) is 19.0 Å². The van der Waals surface area contributed by atoms with Crippen molar-refractivity contribution in [2.24, 2.45) is 0 Å². The lowest BCUT2D eigenvalue weighted by Gasteiger charge is -2.11. The number of carbonyl (C=O) groups excluding carboxylic acids is 1. The van der Waals surface area contributed by atoms with Crippen LogP contribution in [0.4, 0.5) is 0 Å². The molecule has 0 aliphatic heterocycles. The largest absolute Gasteiger partial charge is 0.469 e. The normalized spacial score (nSPS) is 11.8. The molecule has 17 heavy (non-hydrogen) atoms. The summed E-state index contributed by atoms with van der Waals surface area (Å²) in [4.78, 5) is 11.3. The number of rotatable bonds is 7. The molecule has 0 spiro atoms. The average Bonchev–Trinajstić information content (AvgIpc) is 2.79. The van der Waals surface area contributed by atoms with Crippen molar-refractivity contribution in [3.63, 3.8) is 0 Å². The van der Waals surface area contributed by atoms with Gasteiger partial charge in [0.1, 0.15) is 5.76 Å². The Morgan fingerprint density at radius 3 is 3.12 bits per heavy atom. The molecule has 0 bridgehead atoms. The zero-order chi connectivity index (χ0) is 12.5. The summed E-state index contributed by atoms with van der Waals surface area (Å²) in [7, 11) is 0. The first-order valence-electron chi connectivity index (χ1n) is 5.61. The molecule has 1 heterocycles. The lowest BCUT2D eigenvalue weighted by Crippen LogP contribution is -2.39. The lowest BCUT2D eigenvalue weighted by molar-refractivity contribution is -0.120. The Labute approximate surface area is 101 Å². The molecule has 1 atom stereocenters. The fraction of sp³-hybridized carbons (Fsp3) is 0.500. The molecular weight excluding hydrogens is 218 g/mol. The summed E-state index contributed by atoms with van der Waals surface area (Å²) in [5.74, 6) is 0.807. The minimum absolute atomic E-state index is 0.0912. The van der Waals surface area contributed by atoms with Crippen LogP contribution in [0, 0.1) is 11.3 Å². The first-order chi connectivity index (χ1) is 8.22. The minimum Gasteiger partial charge on any atom is -0.469 e. The molecule has 1 aromatic heterocycles. The first-order valence-corrected chi connectivity index (χ1v) is 5.61. The number of carbonyl (C=O) groups is 1. The molecule has 1 unspecified atom stereocenters. The Morgan fingerprint density at radius 2 is 2.47 bits per heavy atom. The third-order valence-electron chi connectivity index (χ3n) is 2.26. The second-order valence-corrected chi connectivity index (χ2v) is 3.82. The zero-order valence-electron chi connectivity index (χ0n) is 9.90. The fourth-order valence-electron chi connectivity index (χ4n) is 1.39. The molecule has 5 nitrogen and oxygen atoms in total. The molecule has 0 aliphatic carbocycles. The summed E-state index contributed by atoms with van der Waals surface area (Å²) in [6.45, 7) is 2.65. The van der Waals surface area contributed by atoms with Crippen LogP contribution in [0.1, 0.15) is 19.1 Å². The Hall–Kier alpha value is -1.80. The molecule has 0 fully saturated rings. The van der Waals surface area contributed by atoms with E-state index < -0.39 is 0 Å². The summed E-state index contributed by atoms with van der Waals surface area (Å²) in [6.07, 6.45) is 2.73. The molecule has 5 heteroatoms. The van der Waals surface area contributed by atoms with Crippen LogP contribution in [0.15, 0.2) is 22.8 Å². The minimum atomic E-state index is -0.0912. The highest BCUT2D eigenvalue weighted by atomic mass is 16.3. The molecule has 2 N–H and O–H groups in total. The quantitative estimate of drug-likeness (QED) is 0.686. The highest BCUT2D eigenvalue weighted by Gasteiger charge is 2.07. The topological polar surface area (TPSA) is 78.1 Å². The van der Waals surface area contributed by atoms with Crippen molar-refractivity contribution in [1.29, 1.82) is 5.26 Å². The Morgan fingerprint density at radius 1 is 1.65 bits per heavy atom. The number of nitrogens with one attached hydrogen (secondary N) is 2. The van der Waals surface area contributed by atoms with Gasteiger partial charge in [-0.3, -0.25) is 4.79 Å². The van der Waals surface area contributed by atoms with Crippen LogP contribution in [0.2, 0.25) is 0 Å². The van der Waals surface area contributed by atoms with Crippen LogP contribution in [-0.2, 0) is 11.2 Å². The van der Waals surface area contributed by atoms with Gasteiger partial charge in [-0.15, -0.1) is 0 Å². The van der Waals surface area contributed by atoms with E-state index in [0.717, 1.165) is 12.2 Å². The van der Waals surface area contributed by atoms with Crippen molar-refractivity contribution < 1.29 is 9.21 Å². The van der Waals surface area contributed by atoms with Crippen molar-refractivity contribution in [1.82, 2.24) is 10.6 Å². The molecule has 92 valence electrons. The molecule has 1 rings (SSSR count). The maximum Gasteiger partial charge on any atom is 0.233 e. The van der Waals surface area contributed by atoms with Gasteiger partial charge in [-0.2, -0.15) is 5.26 Å². The maximum atomic E-state index is 11.3. The van der Waals surface area contributed by atoms with Gasteiger partial charge >= 0.3 is 0 Å². The SMILES string of the molecule is CC(Cc1ccco1)NCC(=O)NCCC#N. The highest BCUT2D eigenvalue weighted by molar-refractivity contribution is 5.77. The Bertz CT molecular complexity index is 368. The van der Waals surface area contributed by atoms with Crippen LogP contribution < -0.4 is 10.6 Å². The maximum absolute atomic E-state index is 11.3. The average molecular weight is 235 g/mol. The molecule has 0 aliphatic rings. The Balaban J connectivity index is 2.13. The fourth-order valence-corrected chi connectivity index (χ4v) is 1.39. The molecule has 0 aromatic carbocycles. The molecular formula is C12H17N3O2. The van der Waals surface area contributed by atoms with Crippen molar-refractivity contribution in [2.45, 2.75) is 25.8 Å². The number of hydrogen-bond donors (Lipinski definition) is 2. The van der Waals surface area contributed by atoms with Crippen molar-refractivity contribution in [2.75, 3.05) is 13.1 Å². The summed E-state index contributed by atoms with van der Waals surface area (Å²) < 4.78 is 5.21. The predicted octanol–water partition coefficient (Wildman–Crippen LogP) is 0.830. The molecule has 0 saturated carbocycles. The zero-order valence-corrected chi connectivity index (χ0v) is 9.90. The van der Waals surface area contributed by atoms with E-state index in [0.29, 0.717) is 13.0 Å². The van der Waals surface area contributed by atoms with Gasteiger partial charge in [-0.1, -0.05) is 0 Å². The van der Waals surface area contributed by atoms with Gasteiger partial charge in [0.15, 0.2) is 0 Å². The highest BCUT2D eigenvalue weighted by Crippen LogP contribution is 2.03. The van der Waals surface area contributed by atoms with E-state index in [9.17, 15) is 4.79 Å². The van der Waals surface area contributed by atoms with Crippen molar-refractivity contribution in [3.8, 4) is 6.07 Å². The number of furan rings is 1. The predicted molar refractivity (Wildman–Crippen MR) is 63.1 cm³/mol. The summed E-state index contributed by atoms with van der Waals surface area (Å²) >= 11 is 0. The van der Waals surface area contributed by atoms with E-state index in [1.54, 1.807) is 6.26 Å². The number of amides is 1. The molecule has 0 saturated heterocycles. The van der Waals surface area contributed by atoms with Crippen molar-refractivity contribution >= 4 is 5.91 Å². The second-order valence-electron chi connectivity index (χ2n) is 3.82. The third kappa shape index (κ3) is 5.73. The van der Waals surface area contributed by atoms with E-state index in [-0.39, 0.29) is 18.5 Å². The molecule has 1 aromatic rings. The van der Waals surface area contributed by atoms with Gasteiger partial charge in [-0.25, -0.2) is 0 Å². The second kappa shape index (κ2) is 7.47. The van der Waals surface area contributed by atoms with Gasteiger partial charge in [0.05, 0.1) is 25.3 Å². The number of nitriles is 1. The van der Waals surface area contributed by atoms with Gasteiger partial charge in [0.25, 0.3) is 0 Å². The summed E-state index contributed by atoms with van der Waals surface area (Å²) in [5, 5.41) is 14.1. The summed E-state index contributed by atoms with van der Waals surface area (Å²) in [5.41, 5.74) is 0. The third-order valence-corrected chi connectivity index (χ3v) is 2.26. The van der Waals surface area contributed by atoms with Crippen LogP contribution >= 0.6 is 0 Å². The number of hydrogen-bond acceptors (Lipinski definition) is 4. The van der Waals surface area contributed by atoms with Crippen LogP contribution in [-0.4, -0.2) is 25.0 Å². The van der Waals surface area contributed by atoms with Crippen LogP contribution in [0.5, 0.6) is 0 Å². The van der Waals surface area contributed by atoms with E-state index >= 15 is 0 Å². The van der Waals surface area contributed by atoms with E-state index in [2.05, 4.69) is 10.6 Å². The van der Waals surface area contributed by atoms with Gasteiger partial charge < -0.3 is 15.1 Å². The number of nitrogens with zero attached hydrogens (tertiary/aromatic N) is 1. The first kappa shape index (κ1) is 13.3. The standard InChI is InChI=1S/C12H17N3O2/c1-10(8-11-4-2-7-17-11)15-9-12(16)14-6-3-5-13/h2,4,7,10,15H,3,6,8-9H2,1H3,(H,14,16). The summed E-state index contributed by atoms with van der Waals surface area (Å²) in [6, 6.07) is 5.89. The van der Waals surface area contributed by atoms with E-state index in [1.807, 2.05) is 25.1 Å². The smallest absolute Gasteiger partial charge is 0.233 e.